The van der Waals surface area contributed by atoms with Crippen LogP contribution in [0.4, 0.5) is 8.78 Å². The minimum absolute atomic E-state index is 0.0522. The Morgan fingerprint density at radius 3 is 2.87 bits per heavy atom. The fourth-order valence-corrected chi connectivity index (χ4v) is 2.06. The Balaban J connectivity index is 2.05. The summed E-state index contributed by atoms with van der Waals surface area (Å²) >= 11 is 6.04. The van der Waals surface area contributed by atoms with Gasteiger partial charge in [0.25, 0.3) is 12.3 Å². The monoisotopic (exact) mass is 344 g/mol. The summed E-state index contributed by atoms with van der Waals surface area (Å²) in [4.78, 5) is 16.0. The zero-order valence-corrected chi connectivity index (χ0v) is 13.3. The minimum Gasteiger partial charge on any atom is -0.471 e. The molecule has 2 aromatic rings. The Morgan fingerprint density at radius 2 is 2.26 bits per heavy atom. The Hall–Kier alpha value is -2.22. The third-order valence-corrected chi connectivity index (χ3v) is 3.56. The highest BCUT2D eigenvalue weighted by molar-refractivity contribution is 6.34. The van der Waals surface area contributed by atoms with Crippen molar-refractivity contribution in [2.24, 2.45) is 7.05 Å². The van der Waals surface area contributed by atoms with Crippen LogP contribution in [0.1, 0.15) is 21.7 Å². The molecule has 2 heterocycles. The van der Waals surface area contributed by atoms with Crippen LogP contribution in [0.3, 0.4) is 0 Å². The highest BCUT2D eigenvalue weighted by Crippen LogP contribution is 2.20. The molecule has 23 heavy (non-hydrogen) atoms. The molecule has 0 radical (unpaired) electrons. The molecule has 0 atom stereocenters. The van der Waals surface area contributed by atoms with Gasteiger partial charge in [-0.2, -0.15) is 5.10 Å². The van der Waals surface area contributed by atoms with Gasteiger partial charge in [-0.3, -0.25) is 9.48 Å². The molecule has 9 heteroatoms. The molecular formula is C14H15ClF2N4O2. The van der Waals surface area contributed by atoms with Crippen molar-refractivity contribution in [1.29, 1.82) is 0 Å². The summed E-state index contributed by atoms with van der Waals surface area (Å²) < 4.78 is 30.9. The number of halogens is 3. The number of alkyl halides is 2. The Bertz CT molecular complexity index is 706. The fraction of sp³-hybridized carbons (Fsp3) is 0.357. The topological polar surface area (TPSA) is 69.0 Å². The lowest BCUT2D eigenvalue weighted by atomic mass is 10.2. The molecule has 1 amide bonds. The molecule has 0 aliphatic heterocycles. The van der Waals surface area contributed by atoms with Crippen molar-refractivity contribution >= 4 is 17.5 Å². The van der Waals surface area contributed by atoms with Gasteiger partial charge in [0.2, 0.25) is 5.88 Å². The van der Waals surface area contributed by atoms with Gasteiger partial charge in [0.15, 0.2) is 12.3 Å². The number of carbonyl (C=O) groups is 1. The maximum absolute atomic E-state index is 12.2. The average Bonchev–Trinajstić information content (AvgIpc) is 2.79. The fourth-order valence-electron chi connectivity index (χ4n) is 1.82. The standard InChI is InChI=1S/C14H15ClF2N4O2/c1-8-11(15)12(20-21(8)2)13(22)19-6-9-4-3-5-18-14(9)23-7-10(16)17/h3-5,10H,6-7H2,1-2H3,(H,19,22). The number of aryl methyl sites for hydroxylation is 1. The van der Waals surface area contributed by atoms with Crippen LogP contribution in [0.15, 0.2) is 18.3 Å². The van der Waals surface area contributed by atoms with E-state index < -0.39 is 18.9 Å². The van der Waals surface area contributed by atoms with E-state index in [1.165, 1.54) is 10.9 Å². The molecule has 0 aliphatic carbocycles. The predicted molar refractivity (Wildman–Crippen MR) is 79.9 cm³/mol. The summed E-state index contributed by atoms with van der Waals surface area (Å²) in [5, 5.41) is 6.92. The van der Waals surface area contributed by atoms with Crippen molar-refractivity contribution in [1.82, 2.24) is 20.1 Å². The first kappa shape index (κ1) is 17.1. The van der Waals surface area contributed by atoms with Gasteiger partial charge >= 0.3 is 0 Å². The number of nitrogens with zero attached hydrogens (tertiary/aromatic N) is 3. The molecule has 1 N–H and O–H groups in total. The Morgan fingerprint density at radius 1 is 1.52 bits per heavy atom. The van der Waals surface area contributed by atoms with Crippen molar-refractivity contribution < 1.29 is 18.3 Å². The molecule has 2 aromatic heterocycles. The van der Waals surface area contributed by atoms with Gasteiger partial charge in [-0.1, -0.05) is 17.7 Å². The summed E-state index contributed by atoms with van der Waals surface area (Å²) in [5.74, 6) is -0.418. The first-order chi connectivity index (χ1) is 10.9. The summed E-state index contributed by atoms with van der Waals surface area (Å²) in [6.07, 6.45) is -1.18. The molecule has 0 saturated heterocycles. The molecule has 0 spiro atoms. The second-order valence-corrected chi connectivity index (χ2v) is 5.10. The lowest BCUT2D eigenvalue weighted by Crippen LogP contribution is -2.24. The maximum atomic E-state index is 12.2. The number of hydrogen-bond donors (Lipinski definition) is 1. The van der Waals surface area contributed by atoms with E-state index >= 15 is 0 Å². The smallest absolute Gasteiger partial charge is 0.273 e. The third-order valence-electron chi connectivity index (χ3n) is 3.11. The Labute approximate surface area is 136 Å². The molecule has 0 bridgehead atoms. The lowest BCUT2D eigenvalue weighted by Gasteiger charge is -2.10. The summed E-state index contributed by atoms with van der Waals surface area (Å²) in [6, 6.07) is 3.24. The van der Waals surface area contributed by atoms with E-state index in [-0.39, 0.29) is 23.1 Å². The first-order valence-corrected chi connectivity index (χ1v) is 7.10. The lowest BCUT2D eigenvalue weighted by molar-refractivity contribution is 0.0787. The van der Waals surface area contributed by atoms with Crippen LogP contribution in [0.25, 0.3) is 0 Å². The van der Waals surface area contributed by atoms with Gasteiger partial charge in [0.1, 0.15) is 0 Å². The second kappa shape index (κ2) is 7.36. The highest BCUT2D eigenvalue weighted by atomic mass is 35.5. The number of carbonyl (C=O) groups excluding carboxylic acids is 1. The van der Waals surface area contributed by atoms with Crippen LogP contribution in [0.2, 0.25) is 5.02 Å². The zero-order chi connectivity index (χ0) is 17.0. The van der Waals surface area contributed by atoms with Gasteiger partial charge in [-0.05, 0) is 13.0 Å². The first-order valence-electron chi connectivity index (χ1n) is 6.72. The molecule has 2 rings (SSSR count). The number of ether oxygens (including phenoxy) is 1. The van der Waals surface area contributed by atoms with Gasteiger partial charge < -0.3 is 10.1 Å². The number of aromatic nitrogens is 3. The molecule has 0 unspecified atom stereocenters. The normalized spacial score (nSPS) is 10.9. The number of nitrogens with one attached hydrogen (secondary N) is 1. The largest absolute Gasteiger partial charge is 0.471 e. The third kappa shape index (κ3) is 4.16. The molecule has 0 saturated carbocycles. The average molecular weight is 345 g/mol. The van der Waals surface area contributed by atoms with E-state index in [4.69, 9.17) is 16.3 Å². The number of pyridine rings is 1. The van der Waals surface area contributed by atoms with Gasteiger partial charge in [-0.25, -0.2) is 13.8 Å². The summed E-state index contributed by atoms with van der Waals surface area (Å²) in [7, 11) is 1.68. The molecule has 0 fully saturated rings. The van der Waals surface area contributed by atoms with Gasteiger partial charge in [0, 0.05) is 25.4 Å². The van der Waals surface area contributed by atoms with Crippen LogP contribution < -0.4 is 10.1 Å². The molecular weight excluding hydrogens is 330 g/mol. The van der Waals surface area contributed by atoms with Crippen LogP contribution in [0, 0.1) is 6.92 Å². The van der Waals surface area contributed by atoms with Crippen LogP contribution in [-0.4, -0.2) is 33.7 Å². The van der Waals surface area contributed by atoms with Crippen molar-refractivity contribution in [2.75, 3.05) is 6.61 Å². The molecule has 0 aliphatic rings. The highest BCUT2D eigenvalue weighted by Gasteiger charge is 2.18. The number of amides is 1. The number of rotatable bonds is 6. The van der Waals surface area contributed by atoms with E-state index in [9.17, 15) is 13.6 Å². The maximum Gasteiger partial charge on any atom is 0.273 e. The van der Waals surface area contributed by atoms with E-state index in [0.717, 1.165) is 0 Å². The minimum atomic E-state index is -2.60. The van der Waals surface area contributed by atoms with E-state index in [0.29, 0.717) is 11.3 Å². The van der Waals surface area contributed by atoms with Crippen LogP contribution >= 0.6 is 11.6 Å². The summed E-state index contributed by atoms with van der Waals surface area (Å²) in [6.45, 7) is 1.03. The van der Waals surface area contributed by atoms with Crippen molar-refractivity contribution in [3.05, 3.63) is 40.3 Å². The zero-order valence-electron chi connectivity index (χ0n) is 12.5. The SMILES string of the molecule is Cc1c(Cl)c(C(=O)NCc2cccnc2OCC(F)F)nn1C. The second-order valence-electron chi connectivity index (χ2n) is 4.72. The van der Waals surface area contributed by atoms with Crippen molar-refractivity contribution in [3.8, 4) is 5.88 Å². The van der Waals surface area contributed by atoms with Crippen LogP contribution in [-0.2, 0) is 13.6 Å². The number of hydrogen-bond acceptors (Lipinski definition) is 4. The summed E-state index contributed by atoms with van der Waals surface area (Å²) in [5.41, 5.74) is 1.25. The molecule has 124 valence electrons. The van der Waals surface area contributed by atoms with Gasteiger partial charge in [-0.15, -0.1) is 0 Å². The quantitative estimate of drug-likeness (QED) is 0.873. The Kier molecular flexibility index (Phi) is 5.49. The van der Waals surface area contributed by atoms with Crippen LogP contribution in [0.5, 0.6) is 5.88 Å². The van der Waals surface area contributed by atoms with E-state index in [1.807, 2.05) is 0 Å². The predicted octanol–water partition coefficient (Wildman–Crippen LogP) is 2.35. The van der Waals surface area contributed by atoms with Crippen molar-refractivity contribution in [3.63, 3.8) is 0 Å². The van der Waals surface area contributed by atoms with Crippen molar-refractivity contribution in [2.45, 2.75) is 19.9 Å². The van der Waals surface area contributed by atoms with Gasteiger partial charge in [0.05, 0.1) is 10.7 Å². The van der Waals surface area contributed by atoms with E-state index in [2.05, 4.69) is 15.4 Å². The van der Waals surface area contributed by atoms with E-state index in [1.54, 1.807) is 26.1 Å². The molecule has 0 aromatic carbocycles. The molecule has 6 nitrogen and oxygen atoms in total.